The minimum absolute atomic E-state index is 0.245. The van der Waals surface area contributed by atoms with Crippen molar-refractivity contribution in [2.45, 2.75) is 23.3 Å². The molecule has 2 rings (SSSR count). The van der Waals surface area contributed by atoms with Gasteiger partial charge >= 0.3 is 0 Å². The molecule has 1 aromatic rings. The molecule has 0 spiro atoms. The average molecular weight is 229 g/mol. The predicted molar refractivity (Wildman–Crippen MR) is 54.6 cm³/mol. The molecule has 2 N–H and O–H groups in total. The van der Waals surface area contributed by atoms with Gasteiger partial charge in [-0.2, -0.15) is 0 Å². The van der Waals surface area contributed by atoms with Crippen LogP contribution in [-0.2, 0) is 15.4 Å². The van der Waals surface area contributed by atoms with Gasteiger partial charge in [0, 0.05) is 11.8 Å². The fraction of sp³-hybridized carbons (Fsp3) is 0.400. The fourth-order valence-corrected chi connectivity index (χ4v) is 2.77. The summed E-state index contributed by atoms with van der Waals surface area (Å²) in [6, 6.07) is 4.23. The van der Waals surface area contributed by atoms with Crippen LogP contribution in [0.15, 0.2) is 23.1 Å². The van der Waals surface area contributed by atoms with Crippen molar-refractivity contribution in [3.8, 4) is 0 Å². The van der Waals surface area contributed by atoms with Crippen molar-refractivity contribution < 1.29 is 12.8 Å². The van der Waals surface area contributed by atoms with E-state index in [2.05, 4.69) is 0 Å². The molecule has 0 atom stereocenters. The number of nitrogens with two attached hydrogens (primary N) is 1. The predicted octanol–water partition coefficient (Wildman–Crippen LogP) is 1.18. The zero-order valence-electron chi connectivity index (χ0n) is 8.33. The number of halogens is 1. The lowest BCUT2D eigenvalue weighted by Gasteiger charge is -2.14. The van der Waals surface area contributed by atoms with Gasteiger partial charge in [0.15, 0.2) is 9.84 Å². The Kier molecular flexibility index (Phi) is 2.13. The highest BCUT2D eigenvalue weighted by atomic mass is 32.2. The molecule has 0 unspecified atom stereocenters. The molecule has 3 nitrogen and oxygen atoms in total. The Morgan fingerprint density at radius 3 is 2.47 bits per heavy atom. The molecule has 0 amide bonds. The van der Waals surface area contributed by atoms with Crippen LogP contribution in [0.1, 0.15) is 18.4 Å². The molecule has 1 aliphatic carbocycles. The van der Waals surface area contributed by atoms with Gasteiger partial charge in [0.25, 0.3) is 0 Å². The van der Waals surface area contributed by atoms with Gasteiger partial charge in [-0.25, -0.2) is 12.8 Å². The lowest BCUT2D eigenvalue weighted by atomic mass is 10.1. The van der Waals surface area contributed by atoms with Crippen molar-refractivity contribution in [1.82, 2.24) is 0 Å². The van der Waals surface area contributed by atoms with Gasteiger partial charge in [0.2, 0.25) is 0 Å². The highest BCUT2D eigenvalue weighted by molar-refractivity contribution is 7.90. The largest absolute Gasteiger partial charge is 0.321 e. The second-order valence-electron chi connectivity index (χ2n) is 4.04. The third-order valence-electron chi connectivity index (χ3n) is 2.66. The van der Waals surface area contributed by atoms with Crippen molar-refractivity contribution in [3.05, 3.63) is 29.6 Å². The van der Waals surface area contributed by atoms with Crippen LogP contribution in [0.4, 0.5) is 4.39 Å². The zero-order valence-corrected chi connectivity index (χ0v) is 9.14. The molecule has 0 saturated heterocycles. The van der Waals surface area contributed by atoms with Gasteiger partial charge in [-0.15, -0.1) is 0 Å². The van der Waals surface area contributed by atoms with Crippen LogP contribution in [0, 0.1) is 5.82 Å². The number of hydrogen-bond donors (Lipinski definition) is 1. The van der Waals surface area contributed by atoms with E-state index >= 15 is 0 Å². The Morgan fingerprint density at radius 2 is 2.00 bits per heavy atom. The highest BCUT2D eigenvalue weighted by Crippen LogP contribution is 2.45. The van der Waals surface area contributed by atoms with Crippen molar-refractivity contribution in [2.24, 2.45) is 5.73 Å². The highest BCUT2D eigenvalue weighted by Gasteiger charge is 2.43. The molecule has 1 saturated carbocycles. The second kappa shape index (κ2) is 3.02. The minimum atomic E-state index is -3.56. The van der Waals surface area contributed by atoms with Crippen molar-refractivity contribution in [3.63, 3.8) is 0 Å². The Labute approximate surface area is 88.0 Å². The van der Waals surface area contributed by atoms with Crippen LogP contribution < -0.4 is 5.73 Å². The van der Waals surface area contributed by atoms with Crippen LogP contribution in [-0.4, -0.2) is 14.7 Å². The molecule has 0 radical (unpaired) electrons. The third kappa shape index (κ3) is 1.77. The van der Waals surface area contributed by atoms with E-state index in [4.69, 9.17) is 5.73 Å². The number of hydrogen-bond acceptors (Lipinski definition) is 3. The van der Waals surface area contributed by atoms with Gasteiger partial charge in [0.1, 0.15) is 10.7 Å². The number of sulfone groups is 1. The molecule has 1 fully saturated rings. The van der Waals surface area contributed by atoms with Crippen LogP contribution in [0.5, 0.6) is 0 Å². The Morgan fingerprint density at radius 1 is 1.40 bits per heavy atom. The first-order valence-corrected chi connectivity index (χ1v) is 6.52. The average Bonchev–Trinajstić information content (AvgIpc) is 2.82. The topological polar surface area (TPSA) is 60.2 Å². The van der Waals surface area contributed by atoms with Crippen LogP contribution in [0.3, 0.4) is 0 Å². The normalized spacial score (nSPS) is 18.9. The zero-order chi connectivity index (χ0) is 11.3. The summed E-state index contributed by atoms with van der Waals surface area (Å²) in [5, 5.41) is 0. The number of rotatable bonds is 2. The lowest BCUT2D eigenvalue weighted by Crippen LogP contribution is -2.22. The molecular weight excluding hydrogens is 217 g/mol. The van der Waals surface area contributed by atoms with Crippen molar-refractivity contribution >= 4 is 9.84 Å². The standard InChI is InChI=1S/C10H12FNO2S/c1-15(13,14)9-7(10(12)5-6-10)3-2-4-8(9)11/h2-4H,5-6,12H2,1H3. The van der Waals surface area contributed by atoms with E-state index in [0.29, 0.717) is 18.4 Å². The van der Waals surface area contributed by atoms with Crippen molar-refractivity contribution in [1.29, 1.82) is 0 Å². The van der Waals surface area contributed by atoms with Crippen molar-refractivity contribution in [2.75, 3.05) is 6.26 Å². The van der Waals surface area contributed by atoms with Crippen LogP contribution >= 0.6 is 0 Å². The maximum absolute atomic E-state index is 13.5. The van der Waals surface area contributed by atoms with Gasteiger partial charge in [-0.3, -0.25) is 0 Å². The molecule has 0 aromatic heterocycles. The molecule has 0 aliphatic heterocycles. The summed E-state index contributed by atoms with van der Waals surface area (Å²) in [5.41, 5.74) is 5.67. The van der Waals surface area contributed by atoms with Gasteiger partial charge < -0.3 is 5.73 Å². The molecule has 82 valence electrons. The Bertz CT molecular complexity index is 506. The molecule has 0 heterocycles. The van der Waals surface area contributed by atoms with E-state index < -0.39 is 21.2 Å². The fourth-order valence-electron chi connectivity index (χ4n) is 1.68. The maximum atomic E-state index is 13.5. The molecule has 5 heteroatoms. The Hall–Kier alpha value is -0.940. The number of benzene rings is 1. The van der Waals surface area contributed by atoms with E-state index in [1.807, 2.05) is 0 Å². The first kappa shape index (κ1) is 10.6. The molecule has 1 aromatic carbocycles. The van der Waals surface area contributed by atoms with E-state index in [9.17, 15) is 12.8 Å². The smallest absolute Gasteiger partial charge is 0.178 e. The van der Waals surface area contributed by atoms with Gasteiger partial charge in [0.05, 0.1) is 0 Å². The van der Waals surface area contributed by atoms with Gasteiger partial charge in [-0.05, 0) is 24.5 Å². The molecule has 1 aliphatic rings. The monoisotopic (exact) mass is 229 g/mol. The van der Waals surface area contributed by atoms with Crippen LogP contribution in [0.25, 0.3) is 0 Å². The molecule has 15 heavy (non-hydrogen) atoms. The summed E-state index contributed by atoms with van der Waals surface area (Å²) in [7, 11) is -3.56. The van der Waals surface area contributed by atoms with E-state index in [1.54, 1.807) is 6.07 Å². The van der Waals surface area contributed by atoms with E-state index in [1.165, 1.54) is 6.07 Å². The molecule has 0 bridgehead atoms. The minimum Gasteiger partial charge on any atom is -0.321 e. The molecular formula is C10H12FNO2S. The maximum Gasteiger partial charge on any atom is 0.178 e. The summed E-state index contributed by atoms with van der Waals surface area (Å²) in [6.07, 6.45) is 2.42. The van der Waals surface area contributed by atoms with E-state index in [-0.39, 0.29) is 4.90 Å². The second-order valence-corrected chi connectivity index (χ2v) is 6.00. The van der Waals surface area contributed by atoms with Crippen LogP contribution in [0.2, 0.25) is 0 Å². The quantitative estimate of drug-likeness (QED) is 0.828. The summed E-state index contributed by atoms with van der Waals surface area (Å²) < 4.78 is 36.4. The first-order chi connectivity index (χ1) is 6.84. The van der Waals surface area contributed by atoms with Gasteiger partial charge in [-0.1, -0.05) is 12.1 Å². The van der Waals surface area contributed by atoms with E-state index in [0.717, 1.165) is 12.3 Å². The summed E-state index contributed by atoms with van der Waals surface area (Å²) in [5.74, 6) is -0.716. The first-order valence-electron chi connectivity index (χ1n) is 4.62. The SMILES string of the molecule is CS(=O)(=O)c1c(F)cccc1C1(N)CC1. The summed E-state index contributed by atoms with van der Waals surface area (Å²) >= 11 is 0. The summed E-state index contributed by atoms with van der Waals surface area (Å²) in [6.45, 7) is 0. The third-order valence-corrected chi connectivity index (χ3v) is 3.82. The summed E-state index contributed by atoms with van der Waals surface area (Å²) in [4.78, 5) is -0.245. The lowest BCUT2D eigenvalue weighted by molar-refractivity contribution is 0.556. The Balaban J connectivity index is 2.71.